The number of carbonyl (C=O) groups is 1. The summed E-state index contributed by atoms with van der Waals surface area (Å²) in [5, 5.41) is 0. The van der Waals surface area contributed by atoms with Gasteiger partial charge in [-0.15, -0.1) is 12.4 Å². The van der Waals surface area contributed by atoms with E-state index >= 15 is 0 Å². The molecular formula is C11H23ClN2O2. The normalized spacial score (nSPS) is 16.4. The minimum Gasteiger partial charge on any atom is -0.383 e. The van der Waals surface area contributed by atoms with Gasteiger partial charge in [0.2, 0.25) is 5.91 Å². The van der Waals surface area contributed by atoms with E-state index in [-0.39, 0.29) is 18.3 Å². The highest BCUT2D eigenvalue weighted by Gasteiger charge is 2.28. The summed E-state index contributed by atoms with van der Waals surface area (Å²) in [7, 11) is 1.57. The molecule has 1 aliphatic carbocycles. The minimum atomic E-state index is -0.500. The maximum atomic E-state index is 11.9. The topological polar surface area (TPSA) is 55.6 Å². The highest BCUT2D eigenvalue weighted by Crippen LogP contribution is 2.29. The lowest BCUT2D eigenvalue weighted by Crippen LogP contribution is -2.47. The Kier molecular flexibility index (Phi) is 7.72. The molecule has 96 valence electrons. The molecule has 0 heterocycles. The average Bonchev–Trinajstić information content (AvgIpc) is 3.00. The molecule has 0 aromatic carbocycles. The van der Waals surface area contributed by atoms with E-state index in [2.05, 4.69) is 6.92 Å². The molecular weight excluding hydrogens is 228 g/mol. The molecule has 0 saturated heterocycles. The average molecular weight is 251 g/mol. The molecule has 0 bridgehead atoms. The summed E-state index contributed by atoms with van der Waals surface area (Å²) >= 11 is 0. The quantitative estimate of drug-likeness (QED) is 0.734. The number of hydrogen-bond donors (Lipinski definition) is 1. The van der Waals surface area contributed by atoms with E-state index in [0.717, 1.165) is 25.4 Å². The standard InChI is InChI=1S/C11H22N2O2.ClH/c1-3-6-13(7-9-4-5-9)11(14)10(12)8-15-2;/h9-10H,3-8,12H2,1-2H3;1H. The van der Waals surface area contributed by atoms with Gasteiger partial charge in [0.05, 0.1) is 6.61 Å². The first kappa shape index (κ1) is 15.7. The molecule has 2 N–H and O–H groups in total. The molecule has 1 unspecified atom stereocenters. The zero-order chi connectivity index (χ0) is 11.3. The Morgan fingerprint density at radius 3 is 2.62 bits per heavy atom. The molecule has 1 aliphatic rings. The van der Waals surface area contributed by atoms with Gasteiger partial charge in [0.15, 0.2) is 0 Å². The second kappa shape index (κ2) is 7.87. The molecule has 0 aliphatic heterocycles. The van der Waals surface area contributed by atoms with Crippen molar-refractivity contribution in [2.24, 2.45) is 11.7 Å². The van der Waals surface area contributed by atoms with Crippen LogP contribution in [0.15, 0.2) is 0 Å². The van der Waals surface area contributed by atoms with Crippen LogP contribution in [0.25, 0.3) is 0 Å². The number of rotatable bonds is 7. The molecule has 0 radical (unpaired) electrons. The molecule has 1 rings (SSSR count). The van der Waals surface area contributed by atoms with Gasteiger partial charge >= 0.3 is 0 Å². The number of amides is 1. The monoisotopic (exact) mass is 250 g/mol. The fourth-order valence-electron chi connectivity index (χ4n) is 1.66. The predicted molar refractivity (Wildman–Crippen MR) is 66.7 cm³/mol. The van der Waals surface area contributed by atoms with Gasteiger partial charge in [0.1, 0.15) is 6.04 Å². The van der Waals surface area contributed by atoms with Crippen molar-refractivity contribution in [1.82, 2.24) is 4.90 Å². The second-order valence-corrected chi connectivity index (χ2v) is 4.29. The summed E-state index contributed by atoms with van der Waals surface area (Å²) in [5.74, 6) is 0.751. The summed E-state index contributed by atoms with van der Waals surface area (Å²) < 4.78 is 4.90. The number of hydrogen-bond acceptors (Lipinski definition) is 3. The van der Waals surface area contributed by atoms with Crippen molar-refractivity contribution in [2.45, 2.75) is 32.2 Å². The third-order valence-corrected chi connectivity index (χ3v) is 2.64. The van der Waals surface area contributed by atoms with Gasteiger partial charge in [-0.05, 0) is 25.2 Å². The maximum Gasteiger partial charge on any atom is 0.241 e. The molecule has 0 spiro atoms. The number of ether oxygens (including phenoxy) is 1. The lowest BCUT2D eigenvalue weighted by molar-refractivity contribution is -0.134. The Labute approximate surface area is 104 Å². The van der Waals surface area contributed by atoms with Crippen LogP contribution in [-0.2, 0) is 9.53 Å². The summed E-state index contributed by atoms with van der Waals surface area (Å²) in [6, 6.07) is -0.500. The summed E-state index contributed by atoms with van der Waals surface area (Å²) in [4.78, 5) is 13.8. The molecule has 0 aromatic heterocycles. The number of methoxy groups -OCH3 is 1. The van der Waals surface area contributed by atoms with E-state index in [4.69, 9.17) is 10.5 Å². The third-order valence-electron chi connectivity index (χ3n) is 2.64. The van der Waals surface area contributed by atoms with Gasteiger partial charge < -0.3 is 15.4 Å². The lowest BCUT2D eigenvalue weighted by Gasteiger charge is -2.25. The van der Waals surface area contributed by atoms with Crippen molar-refractivity contribution < 1.29 is 9.53 Å². The lowest BCUT2D eigenvalue weighted by atomic mass is 10.2. The van der Waals surface area contributed by atoms with Gasteiger partial charge in [-0.3, -0.25) is 4.79 Å². The second-order valence-electron chi connectivity index (χ2n) is 4.29. The predicted octanol–water partition coefficient (Wildman–Crippen LogP) is 1.03. The molecule has 1 atom stereocenters. The fraction of sp³-hybridized carbons (Fsp3) is 0.909. The van der Waals surface area contributed by atoms with Crippen LogP contribution in [-0.4, -0.2) is 43.7 Å². The zero-order valence-electron chi connectivity index (χ0n) is 10.1. The Bertz CT molecular complexity index is 210. The molecule has 1 amide bonds. The molecule has 4 nitrogen and oxygen atoms in total. The van der Waals surface area contributed by atoms with Crippen LogP contribution in [0.4, 0.5) is 0 Å². The van der Waals surface area contributed by atoms with Gasteiger partial charge in [-0.1, -0.05) is 6.92 Å². The molecule has 0 aromatic rings. The van der Waals surface area contributed by atoms with Crippen LogP contribution in [0.5, 0.6) is 0 Å². The van der Waals surface area contributed by atoms with Gasteiger partial charge in [0.25, 0.3) is 0 Å². The molecule has 5 heteroatoms. The maximum absolute atomic E-state index is 11.9. The van der Waals surface area contributed by atoms with Crippen molar-refractivity contribution in [1.29, 1.82) is 0 Å². The molecule has 1 saturated carbocycles. The Balaban J connectivity index is 0.00000225. The number of carbonyl (C=O) groups excluding carboxylic acids is 1. The van der Waals surface area contributed by atoms with Crippen LogP contribution >= 0.6 is 12.4 Å². The van der Waals surface area contributed by atoms with Crippen molar-refractivity contribution in [2.75, 3.05) is 26.8 Å². The van der Waals surface area contributed by atoms with Crippen molar-refractivity contribution >= 4 is 18.3 Å². The summed E-state index contributed by atoms with van der Waals surface area (Å²) in [6.45, 7) is 4.08. The van der Waals surface area contributed by atoms with Gasteiger partial charge in [0, 0.05) is 20.2 Å². The largest absolute Gasteiger partial charge is 0.383 e. The fourth-order valence-corrected chi connectivity index (χ4v) is 1.66. The molecule has 1 fully saturated rings. The minimum absolute atomic E-state index is 0. The summed E-state index contributed by atoms with van der Waals surface area (Å²) in [5.41, 5.74) is 5.74. The third kappa shape index (κ3) is 5.14. The zero-order valence-corrected chi connectivity index (χ0v) is 11.0. The van der Waals surface area contributed by atoms with Gasteiger partial charge in [-0.25, -0.2) is 0 Å². The van der Waals surface area contributed by atoms with E-state index in [0.29, 0.717) is 6.61 Å². The Morgan fingerprint density at radius 2 is 2.19 bits per heavy atom. The van der Waals surface area contributed by atoms with Crippen LogP contribution < -0.4 is 5.73 Å². The van der Waals surface area contributed by atoms with E-state index in [1.165, 1.54) is 12.8 Å². The van der Waals surface area contributed by atoms with Crippen molar-refractivity contribution in [3.8, 4) is 0 Å². The Morgan fingerprint density at radius 1 is 1.56 bits per heavy atom. The van der Waals surface area contributed by atoms with Crippen LogP contribution in [0.3, 0.4) is 0 Å². The van der Waals surface area contributed by atoms with E-state index in [1.807, 2.05) is 4.90 Å². The first-order valence-corrected chi connectivity index (χ1v) is 5.72. The number of nitrogens with zero attached hydrogens (tertiary/aromatic N) is 1. The number of halogens is 1. The van der Waals surface area contributed by atoms with Crippen LogP contribution in [0.2, 0.25) is 0 Å². The highest BCUT2D eigenvalue weighted by molar-refractivity contribution is 5.85. The first-order valence-electron chi connectivity index (χ1n) is 5.72. The van der Waals surface area contributed by atoms with Crippen molar-refractivity contribution in [3.63, 3.8) is 0 Å². The van der Waals surface area contributed by atoms with E-state index < -0.39 is 6.04 Å². The van der Waals surface area contributed by atoms with Crippen LogP contribution in [0, 0.1) is 5.92 Å². The first-order chi connectivity index (χ1) is 7.19. The smallest absolute Gasteiger partial charge is 0.241 e. The summed E-state index contributed by atoms with van der Waals surface area (Å²) in [6.07, 6.45) is 3.50. The van der Waals surface area contributed by atoms with E-state index in [9.17, 15) is 4.79 Å². The van der Waals surface area contributed by atoms with Gasteiger partial charge in [-0.2, -0.15) is 0 Å². The van der Waals surface area contributed by atoms with Crippen LogP contribution in [0.1, 0.15) is 26.2 Å². The molecule has 16 heavy (non-hydrogen) atoms. The highest BCUT2D eigenvalue weighted by atomic mass is 35.5. The van der Waals surface area contributed by atoms with Crippen molar-refractivity contribution in [3.05, 3.63) is 0 Å². The SMILES string of the molecule is CCCN(CC1CC1)C(=O)C(N)COC.Cl. The van der Waals surface area contributed by atoms with E-state index in [1.54, 1.807) is 7.11 Å². The number of nitrogens with two attached hydrogens (primary N) is 1. The Hall–Kier alpha value is -0.320.